The molecular formula is C10H15N5O. The molecule has 2 aromatic heterocycles. The third-order valence-electron chi connectivity index (χ3n) is 2.55. The fourth-order valence-corrected chi connectivity index (χ4v) is 1.60. The second-order valence-electron chi connectivity index (χ2n) is 3.74. The highest BCUT2D eigenvalue weighted by atomic mass is 16.2. The zero-order chi connectivity index (χ0) is 11.5. The van der Waals surface area contributed by atoms with Gasteiger partial charge in [0.25, 0.3) is 0 Å². The maximum atomic E-state index is 8.71. The molecule has 2 heterocycles. The van der Waals surface area contributed by atoms with Gasteiger partial charge in [-0.05, 0) is 12.8 Å². The van der Waals surface area contributed by atoms with Crippen molar-refractivity contribution in [3.05, 3.63) is 18.1 Å². The molecule has 2 N–H and O–H groups in total. The summed E-state index contributed by atoms with van der Waals surface area (Å²) in [6.07, 6.45) is 4.98. The first-order valence-corrected chi connectivity index (χ1v) is 5.26. The van der Waals surface area contributed by atoms with E-state index in [0.717, 1.165) is 25.0 Å². The van der Waals surface area contributed by atoms with Gasteiger partial charge >= 0.3 is 0 Å². The Kier molecular flexibility index (Phi) is 3.00. The van der Waals surface area contributed by atoms with E-state index >= 15 is 0 Å². The van der Waals surface area contributed by atoms with E-state index in [4.69, 9.17) is 10.5 Å². The summed E-state index contributed by atoms with van der Waals surface area (Å²) in [7, 11) is 1.78. The van der Waals surface area contributed by atoms with Crippen LogP contribution in [0.2, 0.25) is 0 Å². The minimum atomic E-state index is 0.207. The zero-order valence-corrected chi connectivity index (χ0v) is 9.22. The normalized spacial score (nSPS) is 11.1. The Morgan fingerprint density at radius 1 is 1.31 bits per heavy atom. The van der Waals surface area contributed by atoms with Crippen molar-refractivity contribution in [1.82, 2.24) is 19.1 Å². The van der Waals surface area contributed by atoms with Gasteiger partial charge in [0.15, 0.2) is 11.1 Å². The van der Waals surface area contributed by atoms with Crippen LogP contribution in [0.1, 0.15) is 12.8 Å². The quantitative estimate of drug-likeness (QED) is 0.714. The molecule has 0 atom stereocenters. The van der Waals surface area contributed by atoms with Crippen LogP contribution in [-0.2, 0) is 13.6 Å². The van der Waals surface area contributed by atoms with Crippen molar-refractivity contribution in [3.63, 3.8) is 0 Å². The maximum absolute atomic E-state index is 8.71. The first-order valence-electron chi connectivity index (χ1n) is 5.26. The van der Waals surface area contributed by atoms with Gasteiger partial charge in [0.05, 0.1) is 12.7 Å². The molecule has 6 heteroatoms. The minimum Gasteiger partial charge on any atom is -0.396 e. The number of aryl methyl sites for hydroxylation is 2. The average molecular weight is 221 g/mol. The Balaban J connectivity index is 2.35. The third kappa shape index (κ3) is 1.83. The van der Waals surface area contributed by atoms with Crippen LogP contribution < -0.4 is 5.49 Å². The Labute approximate surface area is 92.7 Å². The van der Waals surface area contributed by atoms with Crippen LogP contribution in [0.4, 0.5) is 0 Å². The zero-order valence-electron chi connectivity index (χ0n) is 9.22. The highest BCUT2D eigenvalue weighted by molar-refractivity contribution is 5.68. The maximum Gasteiger partial charge on any atom is 0.165 e. The third-order valence-corrected chi connectivity index (χ3v) is 2.55. The lowest BCUT2D eigenvalue weighted by atomic mass is 10.3. The summed E-state index contributed by atoms with van der Waals surface area (Å²) in [5, 5.41) is 16.5. The minimum absolute atomic E-state index is 0.207. The number of fused-ring (bicyclic) bond motifs is 1. The lowest BCUT2D eigenvalue weighted by Gasteiger charge is -2.03. The summed E-state index contributed by atoms with van der Waals surface area (Å²) >= 11 is 0. The number of rotatable bonds is 4. The van der Waals surface area contributed by atoms with Crippen LogP contribution in [0.15, 0.2) is 12.7 Å². The molecule has 6 nitrogen and oxygen atoms in total. The fourth-order valence-electron chi connectivity index (χ4n) is 1.60. The van der Waals surface area contributed by atoms with E-state index in [9.17, 15) is 0 Å². The average Bonchev–Trinajstić information content (AvgIpc) is 2.68. The van der Waals surface area contributed by atoms with Gasteiger partial charge in [-0.3, -0.25) is 5.41 Å². The molecule has 2 rings (SSSR count). The second-order valence-corrected chi connectivity index (χ2v) is 3.74. The lowest BCUT2D eigenvalue weighted by molar-refractivity contribution is 0.281. The number of hydrogen-bond acceptors (Lipinski definition) is 4. The number of nitrogens with one attached hydrogen (secondary N) is 1. The van der Waals surface area contributed by atoms with Crippen LogP contribution >= 0.6 is 0 Å². The smallest absolute Gasteiger partial charge is 0.165 e. The predicted molar refractivity (Wildman–Crippen MR) is 58.7 cm³/mol. The number of unbranched alkanes of at least 4 members (excludes halogenated alkanes) is 1. The van der Waals surface area contributed by atoms with Crippen molar-refractivity contribution in [2.24, 2.45) is 7.05 Å². The highest BCUT2D eigenvalue weighted by Crippen LogP contribution is 2.05. The molecular weight excluding hydrogens is 206 g/mol. The van der Waals surface area contributed by atoms with E-state index in [1.165, 1.54) is 0 Å². The molecule has 0 radical (unpaired) electrons. The van der Waals surface area contributed by atoms with Gasteiger partial charge in [-0.15, -0.1) is 0 Å². The van der Waals surface area contributed by atoms with Crippen LogP contribution in [0.25, 0.3) is 11.2 Å². The molecule has 0 amide bonds. The topological polar surface area (TPSA) is 79.7 Å². The Bertz CT molecular complexity index is 542. The summed E-state index contributed by atoms with van der Waals surface area (Å²) in [5.74, 6) is 0. The molecule has 0 unspecified atom stereocenters. The van der Waals surface area contributed by atoms with Crippen LogP contribution in [0.5, 0.6) is 0 Å². The van der Waals surface area contributed by atoms with Gasteiger partial charge < -0.3 is 14.2 Å². The first kappa shape index (κ1) is 10.8. The second kappa shape index (κ2) is 4.44. The number of imidazole rings is 1. The van der Waals surface area contributed by atoms with Gasteiger partial charge in [0.1, 0.15) is 5.52 Å². The van der Waals surface area contributed by atoms with Gasteiger partial charge in [0.2, 0.25) is 0 Å². The highest BCUT2D eigenvalue weighted by Gasteiger charge is 2.05. The van der Waals surface area contributed by atoms with Crippen molar-refractivity contribution in [3.8, 4) is 0 Å². The molecule has 0 aliphatic carbocycles. The Hall–Kier alpha value is -1.69. The number of aliphatic hydroxyl groups excluding tert-OH is 1. The molecule has 0 aliphatic heterocycles. The van der Waals surface area contributed by atoms with E-state index in [1.807, 2.05) is 4.57 Å². The summed E-state index contributed by atoms with van der Waals surface area (Å²) in [6.45, 7) is 0.982. The number of aliphatic hydroxyl groups is 1. The largest absolute Gasteiger partial charge is 0.396 e. The summed E-state index contributed by atoms with van der Waals surface area (Å²) in [5.41, 5.74) is 1.72. The van der Waals surface area contributed by atoms with Crippen LogP contribution in [-0.4, -0.2) is 30.8 Å². The summed E-state index contributed by atoms with van der Waals surface area (Å²) < 4.78 is 3.55. The van der Waals surface area contributed by atoms with E-state index < -0.39 is 0 Å². The van der Waals surface area contributed by atoms with Gasteiger partial charge in [0, 0.05) is 20.2 Å². The number of aromatic nitrogens is 4. The summed E-state index contributed by atoms with van der Waals surface area (Å²) in [6, 6.07) is 0. The van der Waals surface area contributed by atoms with Gasteiger partial charge in [-0.1, -0.05) is 0 Å². The van der Waals surface area contributed by atoms with E-state index in [1.54, 1.807) is 24.3 Å². The number of hydrogen-bond donors (Lipinski definition) is 2. The molecule has 0 saturated carbocycles. The SMILES string of the molecule is Cn1cnc2c(ncn2CCCCO)c1=N. The summed E-state index contributed by atoms with van der Waals surface area (Å²) in [4.78, 5) is 8.45. The van der Waals surface area contributed by atoms with Gasteiger partial charge in [-0.2, -0.15) is 0 Å². The van der Waals surface area contributed by atoms with Crippen molar-refractivity contribution in [2.75, 3.05) is 6.61 Å². The fraction of sp³-hybridized carbons (Fsp3) is 0.500. The van der Waals surface area contributed by atoms with Gasteiger partial charge in [-0.25, -0.2) is 9.97 Å². The van der Waals surface area contributed by atoms with E-state index in [2.05, 4.69) is 9.97 Å². The monoisotopic (exact) mass is 221 g/mol. The number of nitrogens with zero attached hydrogens (tertiary/aromatic N) is 4. The molecule has 16 heavy (non-hydrogen) atoms. The Morgan fingerprint density at radius 3 is 2.88 bits per heavy atom. The van der Waals surface area contributed by atoms with E-state index in [-0.39, 0.29) is 6.61 Å². The molecule has 0 saturated heterocycles. The lowest BCUT2D eigenvalue weighted by Crippen LogP contribution is -2.17. The molecule has 86 valence electrons. The van der Waals surface area contributed by atoms with Crippen LogP contribution in [0, 0.1) is 5.41 Å². The molecule has 0 spiro atoms. The van der Waals surface area contributed by atoms with Crippen molar-refractivity contribution in [2.45, 2.75) is 19.4 Å². The molecule has 0 aliphatic rings. The molecule has 0 bridgehead atoms. The van der Waals surface area contributed by atoms with Crippen molar-refractivity contribution >= 4 is 11.2 Å². The molecule has 2 aromatic rings. The van der Waals surface area contributed by atoms with Crippen LogP contribution in [0.3, 0.4) is 0 Å². The molecule has 0 fully saturated rings. The predicted octanol–water partition coefficient (Wildman–Crippen LogP) is 0.0218. The van der Waals surface area contributed by atoms with E-state index in [0.29, 0.717) is 11.0 Å². The molecule has 0 aromatic carbocycles. The first-order chi connectivity index (χ1) is 7.74. The van der Waals surface area contributed by atoms with Crippen molar-refractivity contribution in [1.29, 1.82) is 5.41 Å². The Morgan fingerprint density at radius 2 is 2.12 bits per heavy atom. The van der Waals surface area contributed by atoms with Crippen molar-refractivity contribution < 1.29 is 5.11 Å². The standard InChI is InChI=1S/C10H15N5O/c1-14-6-13-10-8(9(14)11)12-7-15(10)4-2-3-5-16/h6-7,11,16H,2-5H2,1H3.